The minimum absolute atomic E-state index is 0.760. The van der Waals surface area contributed by atoms with Crippen LogP contribution in [0.25, 0.3) is 0 Å². The summed E-state index contributed by atoms with van der Waals surface area (Å²) in [5.41, 5.74) is 0. The molecule has 0 aliphatic heterocycles. The highest BCUT2D eigenvalue weighted by atomic mass is 32.2. The lowest BCUT2D eigenvalue weighted by Crippen LogP contribution is -2.19. The fourth-order valence-corrected chi connectivity index (χ4v) is 5.20. The topological polar surface area (TPSA) is 93.7 Å². The van der Waals surface area contributed by atoms with E-state index >= 15 is 0 Å². The Balaban J connectivity index is 1.61. The van der Waals surface area contributed by atoms with E-state index in [1.165, 1.54) is 0 Å². The Bertz CT molecular complexity index is 773. The normalized spacial score (nSPS) is 11.8. The third kappa shape index (κ3) is 5.97. The van der Waals surface area contributed by atoms with Gasteiger partial charge in [-0.1, -0.05) is 0 Å². The molecule has 3 aromatic heterocycles. The van der Waals surface area contributed by atoms with E-state index < -0.39 is 0 Å². The standard InChI is InChI=1S/C14H22N10S3/c1-21(2)7-9-23-13(15-17-19-23)26-11-5-6-12(25-11)27-14-16-18-20-24(14)10-8-22(3)4/h5-6H,7-10H2,1-4H3. The Morgan fingerprint density at radius 1 is 0.815 bits per heavy atom. The van der Waals surface area contributed by atoms with Crippen molar-refractivity contribution in [3.63, 3.8) is 0 Å². The number of nitrogens with zero attached hydrogens (tertiary/aromatic N) is 10. The molecule has 0 N–H and O–H groups in total. The molecule has 146 valence electrons. The summed E-state index contributed by atoms with van der Waals surface area (Å²) in [6.07, 6.45) is 0. The van der Waals surface area contributed by atoms with Crippen LogP contribution in [0.15, 0.2) is 30.9 Å². The zero-order valence-electron chi connectivity index (χ0n) is 15.7. The molecule has 13 heteroatoms. The minimum atomic E-state index is 0.760. The Hall–Kier alpha value is -1.54. The molecular weight excluding hydrogens is 404 g/mol. The van der Waals surface area contributed by atoms with Crippen molar-refractivity contribution in [2.75, 3.05) is 41.3 Å². The number of hydrogen-bond acceptors (Lipinski definition) is 11. The van der Waals surface area contributed by atoms with Gasteiger partial charge in [0.05, 0.1) is 21.5 Å². The summed E-state index contributed by atoms with van der Waals surface area (Å²) < 4.78 is 5.93. The third-order valence-electron chi connectivity index (χ3n) is 3.46. The number of aromatic nitrogens is 8. The van der Waals surface area contributed by atoms with Crippen LogP contribution >= 0.6 is 34.9 Å². The lowest BCUT2D eigenvalue weighted by atomic mass is 10.6. The molecule has 0 spiro atoms. The van der Waals surface area contributed by atoms with Gasteiger partial charge >= 0.3 is 0 Å². The summed E-state index contributed by atoms with van der Waals surface area (Å²) in [5.74, 6) is 0. The highest BCUT2D eigenvalue weighted by Gasteiger charge is 2.13. The first kappa shape index (κ1) is 20.2. The van der Waals surface area contributed by atoms with E-state index in [2.05, 4.69) is 53.0 Å². The average Bonchev–Trinajstić information content (AvgIpc) is 3.34. The van der Waals surface area contributed by atoms with Gasteiger partial charge < -0.3 is 9.80 Å². The zero-order chi connectivity index (χ0) is 19.2. The summed E-state index contributed by atoms with van der Waals surface area (Å²) in [6.45, 7) is 3.30. The number of hydrogen-bond donors (Lipinski definition) is 0. The Labute approximate surface area is 170 Å². The van der Waals surface area contributed by atoms with Crippen LogP contribution in [-0.2, 0) is 13.1 Å². The largest absolute Gasteiger partial charge is 0.308 e. The zero-order valence-corrected chi connectivity index (χ0v) is 18.1. The second-order valence-electron chi connectivity index (χ2n) is 6.25. The summed E-state index contributed by atoms with van der Waals surface area (Å²) in [7, 11) is 8.14. The second-order valence-corrected chi connectivity index (χ2v) is 9.87. The Kier molecular flexibility index (Phi) is 7.18. The van der Waals surface area contributed by atoms with Crippen LogP contribution in [0.3, 0.4) is 0 Å². The van der Waals surface area contributed by atoms with Gasteiger partial charge in [-0.25, -0.2) is 9.36 Å². The monoisotopic (exact) mass is 426 g/mol. The predicted molar refractivity (Wildman–Crippen MR) is 105 cm³/mol. The van der Waals surface area contributed by atoms with Crippen LogP contribution in [-0.4, -0.2) is 91.5 Å². The van der Waals surface area contributed by atoms with Crippen molar-refractivity contribution in [2.45, 2.75) is 31.8 Å². The van der Waals surface area contributed by atoms with Gasteiger partial charge in [-0.3, -0.25) is 0 Å². The SMILES string of the molecule is CN(C)CCn1nnnc1Sc1ccc(Sc2nnnn2CCN(C)C)s1. The smallest absolute Gasteiger partial charge is 0.214 e. The van der Waals surface area contributed by atoms with Crippen molar-refractivity contribution in [3.05, 3.63) is 12.1 Å². The third-order valence-corrected chi connectivity index (χ3v) is 6.76. The highest BCUT2D eigenvalue weighted by Crippen LogP contribution is 2.38. The molecule has 0 aliphatic rings. The second kappa shape index (κ2) is 9.59. The molecule has 10 nitrogen and oxygen atoms in total. The number of likely N-dealkylation sites (N-methyl/N-ethyl adjacent to an activating group) is 2. The van der Waals surface area contributed by atoms with E-state index in [1.807, 2.05) is 37.6 Å². The quantitative estimate of drug-likeness (QED) is 0.470. The van der Waals surface area contributed by atoms with Gasteiger partial charge in [-0.15, -0.1) is 21.5 Å². The first-order chi connectivity index (χ1) is 13.0. The van der Waals surface area contributed by atoms with Gasteiger partial charge in [0.25, 0.3) is 0 Å². The maximum Gasteiger partial charge on any atom is 0.214 e. The summed E-state index contributed by atoms with van der Waals surface area (Å²) in [6, 6.07) is 4.16. The number of tetrazole rings is 2. The van der Waals surface area contributed by atoms with E-state index in [9.17, 15) is 0 Å². The van der Waals surface area contributed by atoms with E-state index in [0.717, 1.165) is 44.9 Å². The molecular formula is C14H22N10S3. The van der Waals surface area contributed by atoms with Crippen LogP contribution in [0.2, 0.25) is 0 Å². The molecule has 0 aromatic carbocycles. The molecule has 3 rings (SSSR count). The van der Waals surface area contributed by atoms with E-state index in [1.54, 1.807) is 34.9 Å². The van der Waals surface area contributed by atoms with Gasteiger partial charge in [0.15, 0.2) is 0 Å². The van der Waals surface area contributed by atoms with E-state index in [4.69, 9.17) is 0 Å². The highest BCUT2D eigenvalue weighted by molar-refractivity contribution is 8.03. The van der Waals surface area contributed by atoms with Crippen molar-refractivity contribution in [2.24, 2.45) is 0 Å². The maximum atomic E-state index is 4.13. The molecule has 0 amide bonds. The van der Waals surface area contributed by atoms with Crippen LogP contribution < -0.4 is 0 Å². The van der Waals surface area contributed by atoms with Gasteiger partial charge in [0.2, 0.25) is 10.3 Å². The molecule has 0 saturated heterocycles. The van der Waals surface area contributed by atoms with Crippen LogP contribution in [0.1, 0.15) is 0 Å². The molecule has 0 saturated carbocycles. The molecule has 0 unspecified atom stereocenters. The average molecular weight is 427 g/mol. The summed E-state index contributed by atoms with van der Waals surface area (Å²) >= 11 is 4.83. The van der Waals surface area contributed by atoms with Gasteiger partial charge in [0, 0.05) is 13.1 Å². The molecule has 27 heavy (non-hydrogen) atoms. The van der Waals surface area contributed by atoms with Crippen molar-refractivity contribution >= 4 is 34.9 Å². The van der Waals surface area contributed by atoms with Crippen LogP contribution in [0.4, 0.5) is 0 Å². The van der Waals surface area contributed by atoms with Crippen molar-refractivity contribution < 1.29 is 0 Å². The van der Waals surface area contributed by atoms with E-state index in [0.29, 0.717) is 0 Å². The first-order valence-electron chi connectivity index (χ1n) is 8.28. The van der Waals surface area contributed by atoms with Gasteiger partial charge in [-0.2, -0.15) is 0 Å². The predicted octanol–water partition coefficient (Wildman–Crippen LogP) is 1.15. The minimum Gasteiger partial charge on any atom is -0.308 e. The van der Waals surface area contributed by atoms with E-state index in [-0.39, 0.29) is 0 Å². The van der Waals surface area contributed by atoms with Crippen LogP contribution in [0, 0.1) is 0 Å². The van der Waals surface area contributed by atoms with Crippen LogP contribution in [0.5, 0.6) is 0 Å². The summed E-state index contributed by atoms with van der Waals surface area (Å²) in [5, 5.41) is 25.6. The molecule has 0 atom stereocenters. The van der Waals surface area contributed by atoms with Crippen molar-refractivity contribution in [1.82, 2.24) is 50.2 Å². The number of thiophene rings is 1. The molecule has 0 radical (unpaired) electrons. The fourth-order valence-electron chi connectivity index (χ4n) is 2.00. The Morgan fingerprint density at radius 3 is 1.67 bits per heavy atom. The van der Waals surface area contributed by atoms with Gasteiger partial charge in [-0.05, 0) is 84.7 Å². The fraction of sp³-hybridized carbons (Fsp3) is 0.571. The molecule has 0 aliphatic carbocycles. The maximum absolute atomic E-state index is 4.13. The lowest BCUT2D eigenvalue weighted by Gasteiger charge is -2.09. The molecule has 3 heterocycles. The lowest BCUT2D eigenvalue weighted by molar-refractivity contribution is 0.361. The molecule has 3 aromatic rings. The van der Waals surface area contributed by atoms with Crippen molar-refractivity contribution in [1.29, 1.82) is 0 Å². The number of rotatable bonds is 10. The molecule has 0 bridgehead atoms. The van der Waals surface area contributed by atoms with Gasteiger partial charge in [0.1, 0.15) is 0 Å². The molecule has 0 fully saturated rings. The summed E-state index contributed by atoms with van der Waals surface area (Å²) in [4.78, 5) is 4.22. The first-order valence-corrected chi connectivity index (χ1v) is 10.7. The van der Waals surface area contributed by atoms with Crippen molar-refractivity contribution in [3.8, 4) is 0 Å². The Morgan fingerprint density at radius 2 is 1.26 bits per heavy atom.